The number of anilines is 1. The monoisotopic (exact) mass is 461 g/mol. The third-order valence-electron chi connectivity index (χ3n) is 4.23. The normalized spacial score (nSPS) is 12.7. The van der Waals surface area contributed by atoms with Crippen molar-refractivity contribution in [2.75, 3.05) is 12.8 Å². The molecule has 0 aliphatic heterocycles. The van der Waals surface area contributed by atoms with Crippen molar-refractivity contribution in [1.29, 1.82) is 0 Å². The first-order valence-corrected chi connectivity index (χ1v) is 9.71. The highest BCUT2D eigenvalue weighted by Gasteiger charge is 2.31. The summed E-state index contributed by atoms with van der Waals surface area (Å²) in [4.78, 5) is 8.66. The van der Waals surface area contributed by atoms with E-state index in [2.05, 4.69) is 32.8 Å². The summed E-state index contributed by atoms with van der Waals surface area (Å²) in [6.07, 6.45) is -1.58. The zero-order valence-electron chi connectivity index (χ0n) is 15.9. The molecule has 9 heteroatoms. The van der Waals surface area contributed by atoms with Gasteiger partial charge in [-0.15, -0.1) is 0 Å². The Balaban J connectivity index is 2.29. The van der Waals surface area contributed by atoms with E-state index in [1.165, 1.54) is 13.2 Å². The third kappa shape index (κ3) is 5.50. The number of hydrogen-bond acceptors (Lipinski definition) is 5. The molecule has 0 bridgehead atoms. The highest BCUT2D eigenvalue weighted by molar-refractivity contribution is 9.10. The fraction of sp³-hybridized carbons (Fsp3) is 0.474. The van der Waals surface area contributed by atoms with Gasteiger partial charge in [-0.1, -0.05) is 26.3 Å². The maximum Gasteiger partial charge on any atom is 0.416 e. The molecule has 2 aromatic rings. The fourth-order valence-corrected chi connectivity index (χ4v) is 3.11. The fourth-order valence-electron chi connectivity index (χ4n) is 2.72. The van der Waals surface area contributed by atoms with Crippen LogP contribution in [0.3, 0.4) is 0 Å². The van der Waals surface area contributed by atoms with Crippen molar-refractivity contribution in [2.45, 2.75) is 51.8 Å². The first-order valence-electron chi connectivity index (χ1n) is 8.92. The Morgan fingerprint density at radius 3 is 2.50 bits per heavy atom. The summed E-state index contributed by atoms with van der Waals surface area (Å²) < 4.78 is 50.1. The second-order valence-electron chi connectivity index (χ2n) is 6.29. The summed E-state index contributed by atoms with van der Waals surface area (Å²) in [5.74, 6) is 0.505. The van der Waals surface area contributed by atoms with Gasteiger partial charge in [-0.3, -0.25) is 0 Å². The molecule has 0 aliphatic rings. The molecule has 0 amide bonds. The lowest BCUT2D eigenvalue weighted by Crippen LogP contribution is -2.17. The molecule has 0 spiro atoms. The van der Waals surface area contributed by atoms with Gasteiger partial charge in [-0.2, -0.15) is 13.2 Å². The molecule has 1 unspecified atom stereocenters. The molecule has 154 valence electrons. The number of methoxy groups -OCH3 is 1. The minimum absolute atomic E-state index is 0.00523. The maximum atomic E-state index is 12.9. The minimum atomic E-state index is -4.44. The number of benzene rings is 1. The Kier molecular flexibility index (Phi) is 7.51. The van der Waals surface area contributed by atoms with Gasteiger partial charge in [0.2, 0.25) is 0 Å². The molecular weight excluding hydrogens is 439 g/mol. The average Bonchev–Trinajstić information content (AvgIpc) is 2.64. The summed E-state index contributed by atoms with van der Waals surface area (Å²) in [7, 11) is 1.32. The van der Waals surface area contributed by atoms with Gasteiger partial charge in [-0.05, 0) is 40.9 Å². The molecular formula is C19H23BrF3N3O2. The molecule has 1 aromatic carbocycles. The van der Waals surface area contributed by atoms with Crippen LogP contribution in [0.15, 0.2) is 22.8 Å². The first kappa shape index (κ1) is 22.3. The Morgan fingerprint density at radius 2 is 1.93 bits per heavy atom. The number of hydrogen-bond donors (Lipinski definition) is 1. The second kappa shape index (κ2) is 9.45. The molecule has 0 radical (unpaired) electrons. The van der Waals surface area contributed by atoms with Crippen molar-refractivity contribution < 1.29 is 22.6 Å². The summed E-state index contributed by atoms with van der Waals surface area (Å²) >= 11 is 3.35. The average molecular weight is 462 g/mol. The van der Waals surface area contributed by atoms with Crippen LogP contribution in [0.2, 0.25) is 0 Å². The lowest BCUT2D eigenvalue weighted by molar-refractivity contribution is -0.137. The molecule has 0 saturated heterocycles. The smallest absolute Gasteiger partial charge is 0.416 e. The largest absolute Gasteiger partial charge is 0.496 e. The molecule has 28 heavy (non-hydrogen) atoms. The van der Waals surface area contributed by atoms with Gasteiger partial charge in [0.15, 0.2) is 5.82 Å². The van der Waals surface area contributed by atoms with Crippen molar-refractivity contribution in [3.05, 3.63) is 39.6 Å². The van der Waals surface area contributed by atoms with Gasteiger partial charge < -0.3 is 15.2 Å². The van der Waals surface area contributed by atoms with E-state index >= 15 is 0 Å². The van der Waals surface area contributed by atoms with Crippen LogP contribution in [-0.4, -0.2) is 23.2 Å². The number of nitrogens with zero attached hydrogens (tertiary/aromatic N) is 2. The maximum absolute atomic E-state index is 12.9. The summed E-state index contributed by atoms with van der Waals surface area (Å²) in [6, 6.07) is 3.34. The van der Waals surface area contributed by atoms with E-state index in [9.17, 15) is 13.2 Å². The molecule has 0 saturated carbocycles. The molecule has 5 nitrogen and oxygen atoms in total. The van der Waals surface area contributed by atoms with Gasteiger partial charge in [0, 0.05) is 12.0 Å². The van der Waals surface area contributed by atoms with E-state index in [-0.39, 0.29) is 30.0 Å². The number of aromatic nitrogens is 2. The van der Waals surface area contributed by atoms with E-state index < -0.39 is 11.7 Å². The predicted octanol–water partition coefficient (Wildman–Crippen LogP) is 5.40. The van der Waals surface area contributed by atoms with Crippen molar-refractivity contribution in [1.82, 2.24) is 9.97 Å². The Hall–Kier alpha value is -2.03. The first-order chi connectivity index (χ1) is 13.2. The van der Waals surface area contributed by atoms with E-state index in [1.54, 1.807) is 0 Å². The third-order valence-corrected chi connectivity index (χ3v) is 4.86. The van der Waals surface area contributed by atoms with E-state index in [0.717, 1.165) is 31.4 Å². The lowest BCUT2D eigenvalue weighted by atomic mass is 10.1. The molecule has 2 rings (SSSR count). The Labute approximate surface area is 170 Å². The molecule has 1 aromatic heterocycles. The van der Waals surface area contributed by atoms with Crippen LogP contribution in [0, 0.1) is 0 Å². The van der Waals surface area contributed by atoms with E-state index in [1.807, 2.05) is 6.92 Å². The van der Waals surface area contributed by atoms with Gasteiger partial charge in [0.05, 0.1) is 18.4 Å². The summed E-state index contributed by atoms with van der Waals surface area (Å²) in [5, 5.41) is 0. The molecule has 1 atom stereocenters. The number of nitrogen functional groups attached to an aromatic ring is 1. The highest BCUT2D eigenvalue weighted by Crippen LogP contribution is 2.34. The van der Waals surface area contributed by atoms with Gasteiger partial charge in [0.25, 0.3) is 5.88 Å². The van der Waals surface area contributed by atoms with E-state index in [0.29, 0.717) is 15.9 Å². The summed E-state index contributed by atoms with van der Waals surface area (Å²) in [5.41, 5.74) is 6.24. The minimum Gasteiger partial charge on any atom is -0.496 e. The van der Waals surface area contributed by atoms with Crippen LogP contribution >= 0.6 is 15.9 Å². The number of halogens is 4. The SMILES string of the molecule is CCCC(CC)Oc1nc(Br)c(Cc2ccc(C(F)(F)F)cc2OC)nc1N. The zero-order chi connectivity index (χ0) is 20.9. The number of alkyl halides is 3. The molecule has 2 N–H and O–H groups in total. The highest BCUT2D eigenvalue weighted by atomic mass is 79.9. The van der Waals surface area contributed by atoms with Crippen LogP contribution in [0.25, 0.3) is 0 Å². The topological polar surface area (TPSA) is 70.3 Å². The van der Waals surface area contributed by atoms with Crippen molar-refractivity contribution in [3.63, 3.8) is 0 Å². The van der Waals surface area contributed by atoms with Crippen molar-refractivity contribution in [3.8, 4) is 11.6 Å². The zero-order valence-corrected chi connectivity index (χ0v) is 17.5. The van der Waals surface area contributed by atoms with Gasteiger partial charge >= 0.3 is 6.18 Å². The summed E-state index contributed by atoms with van der Waals surface area (Å²) in [6.45, 7) is 4.09. The quantitative estimate of drug-likeness (QED) is 0.569. The van der Waals surface area contributed by atoms with E-state index in [4.69, 9.17) is 15.2 Å². The number of nitrogens with two attached hydrogens (primary N) is 1. The lowest BCUT2D eigenvalue weighted by Gasteiger charge is -2.18. The molecule has 0 fully saturated rings. The number of ether oxygens (including phenoxy) is 2. The standard InChI is InChI=1S/C19H23BrF3N3O2/c1-4-6-13(5-2)28-18-17(24)25-14(16(20)26-18)9-11-7-8-12(19(21,22)23)10-15(11)27-3/h7-8,10,13H,4-6,9H2,1-3H3,(H2,24,25). The second-order valence-corrected chi connectivity index (χ2v) is 7.04. The molecule has 0 aliphatic carbocycles. The number of rotatable bonds is 8. The Bertz CT molecular complexity index is 816. The van der Waals surface area contributed by atoms with Gasteiger partial charge in [0.1, 0.15) is 16.5 Å². The van der Waals surface area contributed by atoms with Crippen molar-refractivity contribution >= 4 is 21.7 Å². The van der Waals surface area contributed by atoms with Crippen LogP contribution < -0.4 is 15.2 Å². The van der Waals surface area contributed by atoms with Crippen molar-refractivity contribution in [2.24, 2.45) is 0 Å². The van der Waals surface area contributed by atoms with Crippen LogP contribution in [0.5, 0.6) is 11.6 Å². The molecule has 1 heterocycles. The Morgan fingerprint density at radius 1 is 1.21 bits per heavy atom. The van der Waals surface area contributed by atoms with Gasteiger partial charge in [-0.25, -0.2) is 9.97 Å². The van der Waals surface area contributed by atoms with Crippen LogP contribution in [0.4, 0.5) is 19.0 Å². The predicted molar refractivity (Wildman–Crippen MR) is 105 cm³/mol. The van der Waals surface area contributed by atoms with Crippen LogP contribution in [0.1, 0.15) is 49.9 Å². The van der Waals surface area contributed by atoms with Crippen LogP contribution in [-0.2, 0) is 12.6 Å².